The lowest BCUT2D eigenvalue weighted by Gasteiger charge is -2.58. The van der Waals surface area contributed by atoms with Gasteiger partial charge in [-0.15, -0.1) is 11.6 Å². The molecule has 1 aromatic rings. The fraction of sp³-hybridized carbons (Fsp3) is 0.765. The highest BCUT2D eigenvalue weighted by molar-refractivity contribution is 6.24. The maximum Gasteiger partial charge on any atom is 0.312 e. The van der Waals surface area contributed by atoms with Crippen molar-refractivity contribution < 1.29 is 14.1 Å². The van der Waals surface area contributed by atoms with Gasteiger partial charge in [0.25, 0.3) is 0 Å². The first-order valence-corrected chi connectivity index (χ1v) is 8.55. The van der Waals surface area contributed by atoms with Crippen molar-refractivity contribution in [3.63, 3.8) is 0 Å². The molecule has 0 aromatic carbocycles. The second-order valence-electron chi connectivity index (χ2n) is 7.77. The molecule has 22 heavy (non-hydrogen) atoms. The molecule has 0 N–H and O–H groups in total. The molecule has 0 amide bonds. The van der Waals surface area contributed by atoms with Crippen LogP contribution in [0.15, 0.2) is 4.52 Å². The lowest BCUT2D eigenvalue weighted by molar-refractivity contribution is -0.171. The van der Waals surface area contributed by atoms with E-state index in [-0.39, 0.29) is 22.9 Å². The Morgan fingerprint density at radius 3 is 2.55 bits per heavy atom. The van der Waals surface area contributed by atoms with Gasteiger partial charge >= 0.3 is 5.97 Å². The van der Waals surface area contributed by atoms with Crippen LogP contribution in [0.3, 0.4) is 0 Å². The van der Waals surface area contributed by atoms with Crippen molar-refractivity contribution >= 4 is 17.6 Å². The first-order valence-electron chi connectivity index (χ1n) is 8.17. The van der Waals surface area contributed by atoms with Crippen LogP contribution in [0, 0.1) is 31.1 Å². The predicted molar refractivity (Wildman–Crippen MR) is 81.5 cm³/mol. The highest BCUT2D eigenvalue weighted by Gasteiger charge is 2.60. The van der Waals surface area contributed by atoms with Crippen molar-refractivity contribution in [2.75, 3.05) is 0 Å². The topological polar surface area (TPSA) is 52.3 Å². The maximum absolute atomic E-state index is 12.8. The molecule has 1 heterocycles. The van der Waals surface area contributed by atoms with Crippen LogP contribution in [0.4, 0.5) is 0 Å². The summed E-state index contributed by atoms with van der Waals surface area (Å²) in [7, 11) is 0. The summed E-state index contributed by atoms with van der Waals surface area (Å²) in [6.07, 6.45) is 6.09. The number of carbonyl (C=O) groups is 1. The SMILES string of the molecule is Cc1noc(C)c1COC(=O)C12C[C@H]3C[C@@H](CC(Cl)(C3)C1)C2. The lowest BCUT2D eigenvalue weighted by atomic mass is 9.49. The fourth-order valence-electron chi connectivity index (χ4n) is 5.39. The molecule has 5 heteroatoms. The number of aryl methyl sites for hydroxylation is 2. The molecule has 4 aliphatic rings. The van der Waals surface area contributed by atoms with Gasteiger partial charge in [0.2, 0.25) is 0 Å². The monoisotopic (exact) mass is 323 g/mol. The van der Waals surface area contributed by atoms with E-state index in [1.165, 1.54) is 6.42 Å². The van der Waals surface area contributed by atoms with E-state index in [4.69, 9.17) is 20.9 Å². The van der Waals surface area contributed by atoms with Gasteiger partial charge in [-0.25, -0.2) is 0 Å². The fourth-order valence-corrected chi connectivity index (χ4v) is 6.08. The second kappa shape index (κ2) is 4.73. The van der Waals surface area contributed by atoms with Crippen molar-refractivity contribution in [3.8, 4) is 0 Å². The van der Waals surface area contributed by atoms with Gasteiger partial charge in [0.1, 0.15) is 12.4 Å². The standard InChI is InChI=1S/C17H22ClNO3/c1-10-14(11(2)22-19-10)8-21-15(20)16-4-12-3-13(5-16)7-17(18,6-12)9-16/h12-13H,3-9H2,1-2H3/t12-,13-,16?,17?/m1/s1. The van der Waals surface area contributed by atoms with Crippen molar-refractivity contribution in [3.05, 3.63) is 17.0 Å². The van der Waals surface area contributed by atoms with Crippen molar-refractivity contribution in [1.82, 2.24) is 5.16 Å². The van der Waals surface area contributed by atoms with Crippen molar-refractivity contribution in [2.45, 2.75) is 63.9 Å². The van der Waals surface area contributed by atoms with E-state index < -0.39 is 0 Å². The van der Waals surface area contributed by atoms with Crippen LogP contribution in [-0.4, -0.2) is 16.0 Å². The van der Waals surface area contributed by atoms with Crippen LogP contribution < -0.4 is 0 Å². The largest absolute Gasteiger partial charge is 0.460 e. The molecule has 0 unspecified atom stereocenters. The molecule has 0 saturated heterocycles. The number of halogens is 1. The predicted octanol–water partition coefficient (Wildman–Crippen LogP) is 3.91. The van der Waals surface area contributed by atoms with Crippen LogP contribution in [0.1, 0.15) is 55.5 Å². The smallest absolute Gasteiger partial charge is 0.312 e. The second-order valence-corrected chi connectivity index (χ2v) is 8.57. The zero-order valence-electron chi connectivity index (χ0n) is 13.2. The maximum atomic E-state index is 12.8. The third-order valence-corrected chi connectivity index (χ3v) is 6.39. The molecule has 4 fully saturated rings. The Kier molecular flexibility index (Phi) is 3.13. The van der Waals surface area contributed by atoms with Crippen LogP contribution in [0.2, 0.25) is 0 Å². The molecular formula is C17H22ClNO3. The summed E-state index contributed by atoms with van der Waals surface area (Å²) in [4.78, 5) is 12.7. The van der Waals surface area contributed by atoms with Gasteiger partial charge in [-0.3, -0.25) is 4.79 Å². The summed E-state index contributed by atoms with van der Waals surface area (Å²) >= 11 is 6.78. The Balaban J connectivity index is 1.51. The summed E-state index contributed by atoms with van der Waals surface area (Å²) in [5.74, 6) is 1.87. The van der Waals surface area contributed by atoms with Crippen LogP contribution >= 0.6 is 11.6 Å². The molecule has 120 valence electrons. The first kappa shape index (κ1) is 14.6. The molecule has 0 spiro atoms. The number of aromatic nitrogens is 1. The number of hydrogen-bond donors (Lipinski definition) is 0. The van der Waals surface area contributed by atoms with E-state index in [0.29, 0.717) is 11.8 Å². The lowest BCUT2D eigenvalue weighted by Crippen LogP contribution is -2.56. The summed E-state index contributed by atoms with van der Waals surface area (Å²) in [5.41, 5.74) is 1.34. The van der Waals surface area contributed by atoms with Crippen LogP contribution in [0.5, 0.6) is 0 Å². The Morgan fingerprint density at radius 2 is 2.00 bits per heavy atom. The quantitative estimate of drug-likeness (QED) is 0.625. The number of hydrogen-bond acceptors (Lipinski definition) is 4. The Hall–Kier alpha value is -1.03. The Morgan fingerprint density at radius 1 is 1.32 bits per heavy atom. The molecule has 0 aliphatic heterocycles. The van der Waals surface area contributed by atoms with Crippen LogP contribution in [0.25, 0.3) is 0 Å². The molecule has 2 atom stereocenters. The number of carbonyl (C=O) groups excluding carboxylic acids is 1. The van der Waals surface area contributed by atoms with Crippen LogP contribution in [-0.2, 0) is 16.1 Å². The summed E-state index contributed by atoms with van der Waals surface area (Å²) in [6.45, 7) is 3.98. The summed E-state index contributed by atoms with van der Waals surface area (Å²) in [6, 6.07) is 0. The highest BCUT2D eigenvalue weighted by Crippen LogP contribution is 2.64. The molecule has 4 saturated carbocycles. The Bertz CT molecular complexity index is 590. The van der Waals surface area contributed by atoms with Gasteiger partial charge in [-0.2, -0.15) is 0 Å². The normalized spacial score (nSPS) is 39.2. The Labute approximate surface area is 135 Å². The summed E-state index contributed by atoms with van der Waals surface area (Å²) < 4.78 is 10.8. The third-order valence-electron chi connectivity index (χ3n) is 5.95. The third kappa shape index (κ3) is 2.18. The number of nitrogens with zero attached hydrogens (tertiary/aromatic N) is 1. The molecular weight excluding hydrogens is 302 g/mol. The van der Waals surface area contributed by atoms with Gasteiger partial charge in [-0.1, -0.05) is 5.16 Å². The number of ether oxygens (including phenoxy) is 1. The molecule has 4 aliphatic carbocycles. The zero-order valence-corrected chi connectivity index (χ0v) is 13.9. The highest BCUT2D eigenvalue weighted by atomic mass is 35.5. The minimum atomic E-state index is -0.342. The molecule has 4 bridgehead atoms. The molecule has 5 rings (SSSR count). The average molecular weight is 324 g/mol. The van der Waals surface area contributed by atoms with E-state index in [0.717, 1.165) is 49.1 Å². The molecule has 0 radical (unpaired) electrons. The number of rotatable bonds is 3. The van der Waals surface area contributed by atoms with E-state index in [9.17, 15) is 4.79 Å². The van der Waals surface area contributed by atoms with E-state index in [1.54, 1.807) is 0 Å². The van der Waals surface area contributed by atoms with Gasteiger partial charge in [0, 0.05) is 4.87 Å². The van der Waals surface area contributed by atoms with Crippen molar-refractivity contribution in [1.29, 1.82) is 0 Å². The minimum absolute atomic E-state index is 0.0633. The van der Waals surface area contributed by atoms with E-state index >= 15 is 0 Å². The average Bonchev–Trinajstić information content (AvgIpc) is 2.72. The van der Waals surface area contributed by atoms with E-state index in [2.05, 4.69) is 5.16 Å². The number of esters is 1. The number of alkyl halides is 1. The molecule has 1 aromatic heterocycles. The summed E-state index contributed by atoms with van der Waals surface area (Å²) in [5, 5.41) is 3.91. The van der Waals surface area contributed by atoms with E-state index in [1.807, 2.05) is 13.8 Å². The first-order chi connectivity index (χ1) is 10.4. The van der Waals surface area contributed by atoms with Gasteiger partial charge in [0.05, 0.1) is 16.7 Å². The minimum Gasteiger partial charge on any atom is -0.460 e. The van der Waals surface area contributed by atoms with Gasteiger partial charge in [0.15, 0.2) is 0 Å². The van der Waals surface area contributed by atoms with Gasteiger partial charge in [-0.05, 0) is 64.2 Å². The van der Waals surface area contributed by atoms with Gasteiger partial charge < -0.3 is 9.26 Å². The zero-order chi connectivity index (χ0) is 15.5. The van der Waals surface area contributed by atoms with Crippen molar-refractivity contribution in [2.24, 2.45) is 17.3 Å². The molecule has 4 nitrogen and oxygen atoms in total.